The van der Waals surface area contributed by atoms with Crippen LogP contribution in [-0.2, 0) is 4.79 Å². The van der Waals surface area contributed by atoms with Gasteiger partial charge in [0.25, 0.3) is 5.91 Å². The zero-order chi connectivity index (χ0) is 14.9. The summed E-state index contributed by atoms with van der Waals surface area (Å²) in [6, 6.07) is 1.96. The number of carboxylic acid groups (broad SMARTS) is 1. The van der Waals surface area contributed by atoms with Crippen molar-refractivity contribution in [3.05, 3.63) is 27.9 Å². The maximum atomic E-state index is 12.3. The summed E-state index contributed by atoms with van der Waals surface area (Å²) in [5.74, 6) is -1.17. The van der Waals surface area contributed by atoms with E-state index in [0.29, 0.717) is 18.5 Å². The number of aliphatic carboxylic acids is 1. The van der Waals surface area contributed by atoms with Crippen LogP contribution in [0, 0.1) is 0 Å². The van der Waals surface area contributed by atoms with Crippen LogP contribution in [-0.4, -0.2) is 27.5 Å². The highest BCUT2D eigenvalue weighted by molar-refractivity contribution is 7.14. The summed E-state index contributed by atoms with van der Waals surface area (Å²) < 4.78 is 0. The summed E-state index contributed by atoms with van der Waals surface area (Å²) in [6.45, 7) is 0. The van der Waals surface area contributed by atoms with Crippen molar-refractivity contribution in [2.24, 2.45) is 0 Å². The lowest BCUT2D eigenvalue weighted by Crippen LogP contribution is -2.54. The molecule has 110 valence electrons. The number of carbonyl (C=O) groups is 2. The third-order valence-corrected chi connectivity index (χ3v) is 5.26. The molecule has 0 unspecified atom stereocenters. The van der Waals surface area contributed by atoms with Gasteiger partial charge in [0, 0.05) is 16.3 Å². The Balaban J connectivity index is 1.72. The van der Waals surface area contributed by atoms with Gasteiger partial charge in [-0.15, -0.1) is 11.3 Å². The summed E-state index contributed by atoms with van der Waals surface area (Å²) in [4.78, 5) is 27.5. The monoisotopic (exact) mass is 322 g/mol. The van der Waals surface area contributed by atoms with E-state index in [2.05, 4.69) is 10.3 Å². The molecule has 1 aliphatic rings. The van der Waals surface area contributed by atoms with Crippen LogP contribution in [0.5, 0.6) is 0 Å². The van der Waals surface area contributed by atoms with Crippen molar-refractivity contribution in [2.75, 3.05) is 0 Å². The molecule has 21 heavy (non-hydrogen) atoms. The van der Waals surface area contributed by atoms with Gasteiger partial charge in [-0.2, -0.15) is 11.3 Å². The summed E-state index contributed by atoms with van der Waals surface area (Å²) in [6.07, 6.45) is 2.35. The molecule has 0 aromatic carbocycles. The molecule has 1 saturated carbocycles. The number of thiophene rings is 1. The Labute approximate surface area is 129 Å². The molecule has 0 aliphatic heterocycles. The van der Waals surface area contributed by atoms with Crippen LogP contribution in [0.3, 0.4) is 0 Å². The molecule has 0 spiro atoms. The highest BCUT2D eigenvalue weighted by atomic mass is 32.1. The molecule has 0 bridgehead atoms. The van der Waals surface area contributed by atoms with Gasteiger partial charge in [-0.3, -0.25) is 9.59 Å². The number of nitrogens with zero attached hydrogens (tertiary/aromatic N) is 1. The van der Waals surface area contributed by atoms with E-state index in [0.717, 1.165) is 17.0 Å². The Morgan fingerprint density at radius 2 is 2.19 bits per heavy atom. The fraction of sp³-hybridized carbons (Fsp3) is 0.357. The average molecular weight is 322 g/mol. The number of aromatic nitrogens is 1. The van der Waals surface area contributed by atoms with Gasteiger partial charge in [0.05, 0.1) is 12.0 Å². The van der Waals surface area contributed by atoms with Crippen molar-refractivity contribution < 1.29 is 14.7 Å². The summed E-state index contributed by atoms with van der Waals surface area (Å²) in [5, 5.41) is 18.3. The number of hydrogen-bond donors (Lipinski definition) is 2. The van der Waals surface area contributed by atoms with Crippen LogP contribution >= 0.6 is 22.7 Å². The minimum Gasteiger partial charge on any atom is -0.481 e. The smallest absolute Gasteiger partial charge is 0.305 e. The Kier molecular flexibility index (Phi) is 3.77. The topological polar surface area (TPSA) is 79.3 Å². The lowest BCUT2D eigenvalue weighted by atomic mass is 9.74. The summed E-state index contributed by atoms with van der Waals surface area (Å²) >= 11 is 3.00. The number of amides is 1. The molecule has 1 aliphatic carbocycles. The second-order valence-electron chi connectivity index (χ2n) is 5.21. The van der Waals surface area contributed by atoms with Crippen LogP contribution in [0.1, 0.15) is 36.2 Å². The third-order valence-electron chi connectivity index (χ3n) is 3.68. The van der Waals surface area contributed by atoms with Gasteiger partial charge in [-0.05, 0) is 30.7 Å². The molecular formula is C14H14N2O3S2. The number of thiazole rings is 1. The molecule has 0 saturated heterocycles. The van der Waals surface area contributed by atoms with Crippen molar-refractivity contribution in [1.82, 2.24) is 10.3 Å². The quantitative estimate of drug-likeness (QED) is 0.887. The number of hydrogen-bond acceptors (Lipinski definition) is 5. The third kappa shape index (κ3) is 2.98. The summed E-state index contributed by atoms with van der Waals surface area (Å²) in [5.41, 5.74) is 0.778. The second kappa shape index (κ2) is 5.57. The predicted molar refractivity (Wildman–Crippen MR) is 81.7 cm³/mol. The Hall–Kier alpha value is -1.73. The first-order chi connectivity index (χ1) is 10.1. The molecule has 1 fully saturated rings. The molecule has 0 radical (unpaired) electrons. The number of carbonyl (C=O) groups excluding carboxylic acids is 1. The van der Waals surface area contributed by atoms with Crippen molar-refractivity contribution in [3.8, 4) is 10.6 Å². The van der Waals surface area contributed by atoms with Gasteiger partial charge >= 0.3 is 5.97 Å². The van der Waals surface area contributed by atoms with Gasteiger partial charge in [-0.1, -0.05) is 0 Å². The van der Waals surface area contributed by atoms with Crippen LogP contribution in [0.2, 0.25) is 0 Å². The highest BCUT2D eigenvalue weighted by Crippen LogP contribution is 2.35. The fourth-order valence-corrected chi connectivity index (χ4v) is 3.95. The zero-order valence-electron chi connectivity index (χ0n) is 11.2. The SMILES string of the molecule is O=C(O)CC1(NC(=O)c2csc(-c3ccsc3)n2)CCC1. The van der Waals surface area contributed by atoms with Gasteiger partial charge < -0.3 is 10.4 Å². The van der Waals surface area contributed by atoms with Crippen molar-refractivity contribution in [3.63, 3.8) is 0 Å². The van der Waals surface area contributed by atoms with Gasteiger partial charge in [0.2, 0.25) is 0 Å². The van der Waals surface area contributed by atoms with Crippen molar-refractivity contribution in [2.45, 2.75) is 31.2 Å². The highest BCUT2D eigenvalue weighted by Gasteiger charge is 2.40. The molecule has 5 nitrogen and oxygen atoms in total. The first-order valence-corrected chi connectivity index (χ1v) is 8.43. The predicted octanol–water partition coefficient (Wildman–Crippen LogP) is 3.00. The van der Waals surface area contributed by atoms with E-state index >= 15 is 0 Å². The molecule has 7 heteroatoms. The first-order valence-electron chi connectivity index (χ1n) is 6.60. The number of rotatable bonds is 5. The van der Waals surface area contributed by atoms with Crippen LogP contribution in [0.15, 0.2) is 22.2 Å². The molecular weight excluding hydrogens is 308 g/mol. The van der Waals surface area contributed by atoms with E-state index in [1.54, 1.807) is 16.7 Å². The first kappa shape index (κ1) is 14.2. The van der Waals surface area contributed by atoms with Crippen molar-refractivity contribution >= 4 is 34.6 Å². The molecule has 1 amide bonds. The Bertz CT molecular complexity index is 660. The lowest BCUT2D eigenvalue weighted by Gasteiger charge is -2.41. The standard InChI is InChI=1S/C14H14N2O3S2/c17-11(18)6-14(3-1-4-14)16-12(19)10-8-21-13(15-10)9-2-5-20-7-9/h2,5,7-8H,1,3-4,6H2,(H,16,19)(H,17,18). The zero-order valence-corrected chi connectivity index (χ0v) is 12.8. The normalized spacial score (nSPS) is 16.2. The van der Waals surface area contributed by atoms with Crippen molar-refractivity contribution in [1.29, 1.82) is 0 Å². The second-order valence-corrected chi connectivity index (χ2v) is 6.85. The lowest BCUT2D eigenvalue weighted by molar-refractivity contribution is -0.139. The number of nitrogens with one attached hydrogen (secondary N) is 1. The van der Waals surface area contributed by atoms with Crippen LogP contribution in [0.25, 0.3) is 10.6 Å². The number of carboxylic acids is 1. The van der Waals surface area contributed by atoms with E-state index in [1.165, 1.54) is 11.3 Å². The van der Waals surface area contributed by atoms with E-state index in [1.807, 2.05) is 16.8 Å². The van der Waals surface area contributed by atoms with E-state index in [4.69, 9.17) is 5.11 Å². The van der Waals surface area contributed by atoms with Crippen LogP contribution in [0.4, 0.5) is 0 Å². The molecule has 2 N–H and O–H groups in total. The van der Waals surface area contributed by atoms with Crippen LogP contribution < -0.4 is 5.32 Å². The molecule has 2 aromatic rings. The van der Waals surface area contributed by atoms with E-state index < -0.39 is 11.5 Å². The minimum absolute atomic E-state index is 0.0275. The maximum absolute atomic E-state index is 12.3. The molecule has 3 rings (SSSR count). The van der Waals surface area contributed by atoms with Gasteiger partial charge in [0.15, 0.2) is 0 Å². The van der Waals surface area contributed by atoms with E-state index in [-0.39, 0.29) is 12.3 Å². The van der Waals surface area contributed by atoms with E-state index in [9.17, 15) is 9.59 Å². The fourth-order valence-electron chi connectivity index (χ4n) is 2.44. The van der Waals surface area contributed by atoms with Gasteiger partial charge in [-0.25, -0.2) is 4.98 Å². The maximum Gasteiger partial charge on any atom is 0.305 e. The Morgan fingerprint density at radius 1 is 1.38 bits per heavy atom. The summed E-state index contributed by atoms with van der Waals surface area (Å²) in [7, 11) is 0. The minimum atomic E-state index is -0.882. The average Bonchev–Trinajstić information content (AvgIpc) is 3.05. The molecule has 0 atom stereocenters. The van der Waals surface area contributed by atoms with Gasteiger partial charge in [0.1, 0.15) is 10.7 Å². The Morgan fingerprint density at radius 3 is 2.76 bits per heavy atom. The molecule has 2 heterocycles. The molecule has 2 aromatic heterocycles. The largest absolute Gasteiger partial charge is 0.481 e.